The summed E-state index contributed by atoms with van der Waals surface area (Å²) in [6.45, 7) is 4.51. The van der Waals surface area contributed by atoms with Gasteiger partial charge in [0.2, 0.25) is 0 Å². The zero-order chi connectivity index (χ0) is 9.90. The summed E-state index contributed by atoms with van der Waals surface area (Å²) in [5.41, 5.74) is 0. The highest BCUT2D eigenvalue weighted by molar-refractivity contribution is 4.85. The zero-order valence-corrected chi connectivity index (χ0v) is 9.30. The van der Waals surface area contributed by atoms with E-state index in [9.17, 15) is 0 Å². The molecule has 0 spiro atoms. The number of rotatable bonds is 3. The van der Waals surface area contributed by atoms with Gasteiger partial charge in [-0.2, -0.15) is 0 Å². The lowest BCUT2D eigenvalue weighted by atomic mass is 9.76. The second kappa shape index (κ2) is 4.43. The molecule has 13 heavy (non-hydrogen) atoms. The van der Waals surface area contributed by atoms with Gasteiger partial charge in [-0.3, -0.25) is 0 Å². The van der Waals surface area contributed by atoms with E-state index in [1.165, 1.54) is 19.3 Å². The molecule has 1 aliphatic carbocycles. The Bertz CT molecular complexity index is 150. The molecule has 0 bridgehead atoms. The van der Waals surface area contributed by atoms with Gasteiger partial charge < -0.3 is 9.47 Å². The number of methoxy groups -OCH3 is 2. The van der Waals surface area contributed by atoms with Crippen LogP contribution in [0.1, 0.15) is 39.5 Å². The van der Waals surface area contributed by atoms with Gasteiger partial charge in [-0.05, 0) is 18.8 Å². The van der Waals surface area contributed by atoms with Crippen LogP contribution in [0.15, 0.2) is 0 Å². The fraction of sp³-hybridized carbons (Fsp3) is 1.00. The number of hydrogen-bond acceptors (Lipinski definition) is 2. The third-order valence-electron chi connectivity index (χ3n) is 3.35. The second-order valence-electron chi connectivity index (χ2n) is 4.32. The zero-order valence-electron chi connectivity index (χ0n) is 9.30. The summed E-state index contributed by atoms with van der Waals surface area (Å²) in [5.74, 6) is 0.892. The summed E-state index contributed by atoms with van der Waals surface area (Å²) >= 11 is 0. The van der Waals surface area contributed by atoms with Gasteiger partial charge in [-0.15, -0.1) is 0 Å². The summed E-state index contributed by atoms with van der Waals surface area (Å²) in [5, 5.41) is 0. The van der Waals surface area contributed by atoms with Crippen LogP contribution in [0, 0.1) is 11.8 Å². The van der Waals surface area contributed by atoms with Gasteiger partial charge >= 0.3 is 0 Å². The largest absolute Gasteiger partial charge is 0.353 e. The normalized spacial score (nSPS) is 27.9. The van der Waals surface area contributed by atoms with Crippen LogP contribution >= 0.6 is 0 Å². The molecule has 1 aliphatic rings. The smallest absolute Gasteiger partial charge is 0.170 e. The molecule has 1 fully saturated rings. The molecule has 0 heterocycles. The first-order valence-electron chi connectivity index (χ1n) is 5.26. The first-order chi connectivity index (χ1) is 6.16. The van der Waals surface area contributed by atoms with Crippen molar-refractivity contribution in [3.05, 3.63) is 0 Å². The predicted molar refractivity (Wildman–Crippen MR) is 53.5 cm³/mol. The van der Waals surface area contributed by atoms with Gasteiger partial charge in [0.1, 0.15) is 0 Å². The Morgan fingerprint density at radius 2 is 1.77 bits per heavy atom. The summed E-state index contributed by atoms with van der Waals surface area (Å²) in [7, 11) is 3.54. The van der Waals surface area contributed by atoms with E-state index >= 15 is 0 Å². The summed E-state index contributed by atoms with van der Waals surface area (Å²) in [6.07, 6.45) is 4.82. The molecular weight excluding hydrogens is 164 g/mol. The maximum atomic E-state index is 5.58. The highest BCUT2D eigenvalue weighted by Gasteiger charge is 2.42. The van der Waals surface area contributed by atoms with E-state index < -0.39 is 0 Å². The highest BCUT2D eigenvalue weighted by Crippen LogP contribution is 2.40. The van der Waals surface area contributed by atoms with E-state index in [1.54, 1.807) is 14.2 Å². The lowest BCUT2D eigenvalue weighted by molar-refractivity contribution is -0.262. The Labute approximate surface area is 81.6 Å². The summed E-state index contributed by atoms with van der Waals surface area (Å²) in [6, 6.07) is 0. The fourth-order valence-corrected chi connectivity index (χ4v) is 2.57. The predicted octanol–water partition coefficient (Wildman–Crippen LogP) is 2.82. The average molecular weight is 186 g/mol. The van der Waals surface area contributed by atoms with Crippen molar-refractivity contribution in [1.82, 2.24) is 0 Å². The van der Waals surface area contributed by atoms with Crippen LogP contribution in [0.4, 0.5) is 0 Å². The van der Waals surface area contributed by atoms with Crippen molar-refractivity contribution >= 4 is 0 Å². The minimum atomic E-state index is -0.299. The van der Waals surface area contributed by atoms with Crippen LogP contribution in [0.25, 0.3) is 0 Å². The highest BCUT2D eigenvalue weighted by atomic mass is 16.7. The molecule has 0 aromatic carbocycles. The Morgan fingerprint density at radius 3 is 2.15 bits per heavy atom. The number of hydrogen-bond donors (Lipinski definition) is 0. The third kappa shape index (κ3) is 2.05. The van der Waals surface area contributed by atoms with Gasteiger partial charge in [0.15, 0.2) is 5.79 Å². The van der Waals surface area contributed by atoms with E-state index in [0.29, 0.717) is 11.8 Å². The van der Waals surface area contributed by atoms with E-state index in [4.69, 9.17) is 9.47 Å². The molecule has 0 saturated heterocycles. The molecule has 1 atom stereocenters. The van der Waals surface area contributed by atoms with Crippen molar-refractivity contribution in [1.29, 1.82) is 0 Å². The van der Waals surface area contributed by atoms with Crippen LogP contribution in [0.3, 0.4) is 0 Å². The molecule has 0 amide bonds. The van der Waals surface area contributed by atoms with Gasteiger partial charge in [0, 0.05) is 26.6 Å². The van der Waals surface area contributed by atoms with Crippen LogP contribution in [-0.2, 0) is 9.47 Å². The first kappa shape index (κ1) is 11.0. The van der Waals surface area contributed by atoms with Gasteiger partial charge in [0.05, 0.1) is 0 Å². The van der Waals surface area contributed by atoms with Gasteiger partial charge in [-0.1, -0.05) is 20.3 Å². The van der Waals surface area contributed by atoms with Crippen molar-refractivity contribution < 1.29 is 9.47 Å². The minimum Gasteiger partial charge on any atom is -0.353 e. The van der Waals surface area contributed by atoms with Crippen molar-refractivity contribution in [2.75, 3.05) is 14.2 Å². The monoisotopic (exact) mass is 186 g/mol. The van der Waals surface area contributed by atoms with Crippen molar-refractivity contribution in [2.45, 2.75) is 45.3 Å². The first-order valence-corrected chi connectivity index (χ1v) is 5.26. The van der Waals surface area contributed by atoms with E-state index in [1.807, 2.05) is 0 Å². The fourth-order valence-electron chi connectivity index (χ4n) is 2.57. The number of ether oxygens (including phenoxy) is 2. The minimum absolute atomic E-state index is 0.299. The lowest BCUT2D eigenvalue weighted by Gasteiger charge is -2.43. The second-order valence-corrected chi connectivity index (χ2v) is 4.32. The maximum absolute atomic E-state index is 5.58. The topological polar surface area (TPSA) is 18.5 Å². The summed E-state index contributed by atoms with van der Waals surface area (Å²) < 4.78 is 11.2. The summed E-state index contributed by atoms with van der Waals surface area (Å²) in [4.78, 5) is 0. The molecular formula is C11H22O2. The van der Waals surface area contributed by atoms with Gasteiger partial charge in [0.25, 0.3) is 0 Å². The Kier molecular flexibility index (Phi) is 3.74. The maximum Gasteiger partial charge on any atom is 0.170 e. The molecule has 1 unspecified atom stereocenters. The van der Waals surface area contributed by atoms with Crippen LogP contribution in [0.2, 0.25) is 0 Å². The molecule has 1 saturated carbocycles. The lowest BCUT2D eigenvalue weighted by Crippen LogP contribution is -2.46. The quantitative estimate of drug-likeness (QED) is 0.631. The molecule has 0 aromatic heterocycles. The molecule has 78 valence electrons. The molecule has 0 aromatic rings. The van der Waals surface area contributed by atoms with Crippen molar-refractivity contribution in [3.63, 3.8) is 0 Å². The molecule has 0 N–H and O–H groups in total. The van der Waals surface area contributed by atoms with Crippen LogP contribution in [-0.4, -0.2) is 20.0 Å². The molecule has 0 aliphatic heterocycles. The van der Waals surface area contributed by atoms with Crippen LogP contribution in [0.5, 0.6) is 0 Å². The van der Waals surface area contributed by atoms with Crippen molar-refractivity contribution in [2.24, 2.45) is 11.8 Å². The molecule has 2 heteroatoms. The molecule has 0 radical (unpaired) electrons. The third-order valence-corrected chi connectivity index (χ3v) is 3.35. The van der Waals surface area contributed by atoms with E-state index in [2.05, 4.69) is 13.8 Å². The Hall–Kier alpha value is -0.0800. The van der Waals surface area contributed by atoms with E-state index in [-0.39, 0.29) is 5.79 Å². The average Bonchev–Trinajstić information content (AvgIpc) is 2.17. The standard InChI is InChI=1S/C11H22O2/c1-9(2)10-7-5-6-8-11(10,12-3)13-4/h9-10H,5-8H2,1-4H3. The van der Waals surface area contributed by atoms with Gasteiger partial charge in [-0.25, -0.2) is 0 Å². The Morgan fingerprint density at radius 1 is 1.15 bits per heavy atom. The molecule has 2 nitrogen and oxygen atoms in total. The van der Waals surface area contributed by atoms with Crippen LogP contribution < -0.4 is 0 Å². The molecule has 1 rings (SSSR count). The van der Waals surface area contributed by atoms with E-state index in [0.717, 1.165) is 6.42 Å². The Balaban J connectivity index is 2.75. The SMILES string of the molecule is COC1(OC)CCCCC1C(C)C. The van der Waals surface area contributed by atoms with Crippen molar-refractivity contribution in [3.8, 4) is 0 Å².